The molecule has 1 unspecified atom stereocenters. The zero-order valence-electron chi connectivity index (χ0n) is 18.1. The number of nitrogens with one attached hydrogen (secondary N) is 2. The number of halogens is 1. The Morgan fingerprint density at radius 2 is 1.93 bits per heavy atom. The topological polar surface area (TPSA) is 58.1 Å². The number of likely N-dealkylation sites (tertiary alicyclic amines) is 1. The monoisotopic (exact) mass is 528 g/mol. The van der Waals surface area contributed by atoms with Crippen LogP contribution < -0.4 is 15.4 Å². The number of piperidine rings is 1. The number of para-hydroxylation sites is 1. The highest BCUT2D eigenvalue weighted by atomic mass is 127. The van der Waals surface area contributed by atoms with E-state index in [4.69, 9.17) is 9.47 Å². The number of guanidine groups is 1. The lowest BCUT2D eigenvalue weighted by Crippen LogP contribution is -2.49. The van der Waals surface area contributed by atoms with Crippen molar-refractivity contribution in [1.29, 1.82) is 0 Å². The molecule has 7 heteroatoms. The van der Waals surface area contributed by atoms with Gasteiger partial charge in [-0.15, -0.1) is 24.0 Å². The molecule has 1 aromatic rings. The van der Waals surface area contributed by atoms with Gasteiger partial charge in [-0.1, -0.05) is 18.2 Å². The van der Waals surface area contributed by atoms with Crippen molar-refractivity contribution < 1.29 is 9.47 Å². The summed E-state index contributed by atoms with van der Waals surface area (Å²) in [5.74, 6) is 3.37. The molecule has 2 N–H and O–H groups in total. The van der Waals surface area contributed by atoms with Gasteiger partial charge in [0.25, 0.3) is 0 Å². The van der Waals surface area contributed by atoms with Crippen LogP contribution in [-0.4, -0.2) is 63.4 Å². The average Bonchev–Trinajstić information content (AvgIpc) is 3.45. The molecule has 1 saturated carbocycles. The lowest BCUT2D eigenvalue weighted by molar-refractivity contribution is 0.150. The fourth-order valence-corrected chi connectivity index (χ4v) is 4.20. The zero-order valence-corrected chi connectivity index (χ0v) is 20.5. The summed E-state index contributed by atoms with van der Waals surface area (Å²) < 4.78 is 11.5. The van der Waals surface area contributed by atoms with E-state index in [0.717, 1.165) is 75.8 Å². The van der Waals surface area contributed by atoms with Gasteiger partial charge < -0.3 is 25.0 Å². The molecule has 0 spiro atoms. The smallest absolute Gasteiger partial charge is 0.191 e. The quantitative estimate of drug-likeness (QED) is 0.308. The van der Waals surface area contributed by atoms with E-state index in [1.165, 1.54) is 31.4 Å². The Labute approximate surface area is 198 Å². The van der Waals surface area contributed by atoms with Gasteiger partial charge in [0.1, 0.15) is 5.75 Å². The lowest BCUT2D eigenvalue weighted by Gasteiger charge is -2.34. The molecule has 0 radical (unpaired) electrons. The number of rotatable bonds is 8. The van der Waals surface area contributed by atoms with E-state index in [2.05, 4.69) is 38.7 Å². The Hall–Kier alpha value is -1.06. The van der Waals surface area contributed by atoms with Crippen LogP contribution in [0.25, 0.3) is 0 Å². The summed E-state index contributed by atoms with van der Waals surface area (Å²) in [7, 11) is 1.85. The highest BCUT2D eigenvalue weighted by Gasteiger charge is 2.24. The maximum atomic E-state index is 6.03. The first kappa shape index (κ1) is 23.6. The van der Waals surface area contributed by atoms with E-state index >= 15 is 0 Å². The lowest BCUT2D eigenvalue weighted by atomic mass is 10.0. The molecule has 3 fully saturated rings. The summed E-state index contributed by atoms with van der Waals surface area (Å²) >= 11 is 0. The van der Waals surface area contributed by atoms with Gasteiger partial charge in [0.15, 0.2) is 5.96 Å². The number of hydrogen-bond donors (Lipinski definition) is 2. The van der Waals surface area contributed by atoms with Crippen LogP contribution in [0.2, 0.25) is 0 Å². The van der Waals surface area contributed by atoms with Crippen molar-refractivity contribution in [2.45, 2.75) is 44.7 Å². The predicted molar refractivity (Wildman–Crippen MR) is 132 cm³/mol. The fourth-order valence-electron chi connectivity index (χ4n) is 4.20. The maximum absolute atomic E-state index is 6.03. The van der Waals surface area contributed by atoms with Gasteiger partial charge in [0.05, 0.1) is 13.2 Å². The van der Waals surface area contributed by atoms with Gasteiger partial charge >= 0.3 is 0 Å². The van der Waals surface area contributed by atoms with Gasteiger partial charge in [-0.05, 0) is 50.0 Å². The molecule has 0 amide bonds. The van der Waals surface area contributed by atoms with Crippen molar-refractivity contribution in [3.63, 3.8) is 0 Å². The molecule has 1 atom stereocenters. The van der Waals surface area contributed by atoms with E-state index < -0.39 is 0 Å². The van der Waals surface area contributed by atoms with E-state index in [1.54, 1.807) is 0 Å². The highest BCUT2D eigenvalue weighted by molar-refractivity contribution is 14.0. The summed E-state index contributed by atoms with van der Waals surface area (Å²) in [5.41, 5.74) is 1.18. The summed E-state index contributed by atoms with van der Waals surface area (Å²) in [5, 5.41) is 7.09. The van der Waals surface area contributed by atoms with Crippen LogP contribution >= 0.6 is 24.0 Å². The van der Waals surface area contributed by atoms with Crippen molar-refractivity contribution in [2.75, 3.05) is 46.5 Å². The van der Waals surface area contributed by atoms with Gasteiger partial charge in [0, 0.05) is 51.4 Å². The van der Waals surface area contributed by atoms with E-state index in [9.17, 15) is 0 Å². The molecule has 2 aliphatic heterocycles. The molecule has 6 nitrogen and oxygen atoms in total. The number of nitrogens with zero attached hydrogens (tertiary/aromatic N) is 2. The second-order valence-corrected chi connectivity index (χ2v) is 8.74. The van der Waals surface area contributed by atoms with Crippen LogP contribution in [0.5, 0.6) is 5.75 Å². The van der Waals surface area contributed by atoms with Gasteiger partial charge in [-0.3, -0.25) is 4.99 Å². The third-order valence-electron chi connectivity index (χ3n) is 6.28. The van der Waals surface area contributed by atoms with Crippen LogP contribution in [0.1, 0.15) is 37.7 Å². The minimum absolute atomic E-state index is 0. The van der Waals surface area contributed by atoms with Gasteiger partial charge in [-0.2, -0.15) is 0 Å². The standard InChI is InChI=1S/C23H36N4O2.HI/c1-24-23(25-14-20-4-2-3-5-22(20)29-17-18-6-7-18)26-21-8-11-27(12-9-21)15-19-10-13-28-16-19;/h2-5,18-19,21H,6-17H2,1H3,(H2,24,25,26);1H. The number of hydrogen-bond acceptors (Lipinski definition) is 4. The van der Waals surface area contributed by atoms with Crippen molar-refractivity contribution >= 4 is 29.9 Å². The zero-order chi connectivity index (χ0) is 19.9. The first-order valence-electron chi connectivity index (χ1n) is 11.3. The largest absolute Gasteiger partial charge is 0.493 e. The molecule has 1 aromatic carbocycles. The van der Waals surface area contributed by atoms with Crippen LogP contribution in [0.15, 0.2) is 29.3 Å². The molecular formula is C23H37IN4O2. The maximum Gasteiger partial charge on any atom is 0.191 e. The Morgan fingerprint density at radius 3 is 2.63 bits per heavy atom. The third kappa shape index (κ3) is 7.27. The third-order valence-corrected chi connectivity index (χ3v) is 6.28. The molecule has 30 heavy (non-hydrogen) atoms. The Morgan fingerprint density at radius 1 is 1.13 bits per heavy atom. The molecule has 2 saturated heterocycles. The Kier molecular flexibility index (Phi) is 9.52. The van der Waals surface area contributed by atoms with E-state index in [1.807, 2.05) is 13.1 Å². The molecular weight excluding hydrogens is 491 g/mol. The Bertz CT molecular complexity index is 669. The number of aliphatic imine (C=N–C) groups is 1. The van der Waals surface area contributed by atoms with Gasteiger partial charge in [-0.25, -0.2) is 0 Å². The van der Waals surface area contributed by atoms with Crippen molar-refractivity contribution in [3.05, 3.63) is 29.8 Å². The second-order valence-electron chi connectivity index (χ2n) is 8.74. The average molecular weight is 528 g/mol. The van der Waals surface area contributed by atoms with Gasteiger partial charge in [0.2, 0.25) is 0 Å². The molecule has 0 bridgehead atoms. The van der Waals surface area contributed by atoms with Crippen LogP contribution in [0.4, 0.5) is 0 Å². The molecule has 2 heterocycles. The van der Waals surface area contributed by atoms with Crippen LogP contribution in [0, 0.1) is 11.8 Å². The summed E-state index contributed by atoms with van der Waals surface area (Å²) in [6.07, 6.45) is 6.17. The minimum atomic E-state index is 0. The van der Waals surface area contributed by atoms with Crippen LogP contribution in [-0.2, 0) is 11.3 Å². The van der Waals surface area contributed by atoms with Crippen molar-refractivity contribution in [3.8, 4) is 5.75 Å². The molecule has 168 valence electrons. The van der Waals surface area contributed by atoms with Crippen LogP contribution in [0.3, 0.4) is 0 Å². The van der Waals surface area contributed by atoms with Crippen molar-refractivity contribution in [2.24, 2.45) is 16.8 Å². The molecule has 1 aliphatic carbocycles. The normalized spacial score (nSPS) is 23.1. The predicted octanol–water partition coefficient (Wildman–Crippen LogP) is 3.26. The first-order chi connectivity index (χ1) is 14.3. The highest BCUT2D eigenvalue weighted by Crippen LogP contribution is 2.30. The summed E-state index contributed by atoms with van der Waals surface area (Å²) in [4.78, 5) is 7.04. The number of benzene rings is 1. The molecule has 4 rings (SSSR count). The van der Waals surface area contributed by atoms with Crippen molar-refractivity contribution in [1.82, 2.24) is 15.5 Å². The number of ether oxygens (including phenoxy) is 2. The first-order valence-corrected chi connectivity index (χ1v) is 11.3. The SMILES string of the molecule is CN=C(NCc1ccccc1OCC1CC1)NC1CCN(CC2CCOC2)CC1.I. The van der Waals surface area contributed by atoms with E-state index in [0.29, 0.717) is 6.04 Å². The molecule has 3 aliphatic rings. The van der Waals surface area contributed by atoms with E-state index in [-0.39, 0.29) is 24.0 Å². The summed E-state index contributed by atoms with van der Waals surface area (Å²) in [6, 6.07) is 8.81. The molecule has 0 aromatic heterocycles. The fraction of sp³-hybridized carbons (Fsp3) is 0.696. The summed E-state index contributed by atoms with van der Waals surface area (Å²) in [6.45, 7) is 6.96. The Balaban J connectivity index is 0.00000256. The minimum Gasteiger partial charge on any atom is -0.493 e. The second kappa shape index (κ2) is 12.1.